The summed E-state index contributed by atoms with van der Waals surface area (Å²) in [5, 5.41) is 0. The SMILES string of the molecule is COCC(=O)C1[C@@H](C)CC2C3CCC4=CC(=O)C=C[C@]4(C)C3=CC[C@@]21C. The Labute approximate surface area is 156 Å². The van der Waals surface area contributed by atoms with Crippen molar-refractivity contribution in [2.45, 2.75) is 46.5 Å². The molecule has 0 heterocycles. The van der Waals surface area contributed by atoms with Gasteiger partial charge in [-0.25, -0.2) is 0 Å². The molecule has 2 saturated carbocycles. The number of Topliss-reactive ketones (excluding diaryl/α,β-unsaturated/α-hetero) is 1. The molecule has 3 nitrogen and oxygen atoms in total. The molecule has 0 amide bonds. The van der Waals surface area contributed by atoms with Crippen LogP contribution in [0.3, 0.4) is 0 Å². The molecule has 0 radical (unpaired) electrons. The summed E-state index contributed by atoms with van der Waals surface area (Å²) in [6.07, 6.45) is 12.3. The molecule has 0 saturated heterocycles. The third-order valence-corrected chi connectivity index (χ3v) is 7.92. The third kappa shape index (κ3) is 2.36. The summed E-state index contributed by atoms with van der Waals surface area (Å²) in [6, 6.07) is 0. The second kappa shape index (κ2) is 6.02. The number of ether oxygens (including phenoxy) is 1. The van der Waals surface area contributed by atoms with Crippen LogP contribution in [0.4, 0.5) is 0 Å². The second-order valence-electron chi connectivity index (χ2n) is 9.32. The topological polar surface area (TPSA) is 43.4 Å². The van der Waals surface area contributed by atoms with Crippen LogP contribution in [0, 0.1) is 34.5 Å². The summed E-state index contributed by atoms with van der Waals surface area (Å²) in [6.45, 7) is 7.08. The number of fused-ring (bicyclic) bond motifs is 5. The maximum absolute atomic E-state index is 12.8. The van der Waals surface area contributed by atoms with E-state index in [1.54, 1.807) is 13.2 Å². The van der Waals surface area contributed by atoms with Crippen LogP contribution in [-0.4, -0.2) is 25.3 Å². The zero-order valence-corrected chi connectivity index (χ0v) is 16.4. The van der Waals surface area contributed by atoms with Gasteiger partial charge in [0.25, 0.3) is 0 Å². The largest absolute Gasteiger partial charge is 0.377 e. The molecule has 3 heteroatoms. The zero-order chi connectivity index (χ0) is 18.7. The number of methoxy groups -OCH3 is 1. The zero-order valence-electron chi connectivity index (χ0n) is 16.4. The standard InChI is InChI=1S/C23H30O3/c1-14-11-19-17-6-5-15-12-16(24)7-9-22(15,2)18(17)8-10-23(19,3)21(14)20(25)13-26-4/h7-9,12,14,17,19,21H,5-6,10-11,13H2,1-4H3/t14-,17?,19?,21?,22-,23-/m0/s1. The lowest BCUT2D eigenvalue weighted by molar-refractivity contribution is -0.132. The number of carbonyl (C=O) groups is 2. The minimum atomic E-state index is -0.101. The quantitative estimate of drug-likeness (QED) is 0.710. The highest BCUT2D eigenvalue weighted by molar-refractivity contribution is 6.01. The molecule has 0 N–H and O–H groups in total. The van der Waals surface area contributed by atoms with Crippen molar-refractivity contribution in [1.82, 2.24) is 0 Å². The van der Waals surface area contributed by atoms with E-state index in [0.29, 0.717) is 17.8 Å². The van der Waals surface area contributed by atoms with E-state index < -0.39 is 0 Å². The number of carbonyl (C=O) groups excluding carboxylic acids is 2. The Morgan fingerprint density at radius 3 is 2.85 bits per heavy atom. The van der Waals surface area contributed by atoms with Gasteiger partial charge in [-0.1, -0.05) is 37.1 Å². The maximum atomic E-state index is 12.8. The molecule has 0 aromatic rings. The predicted molar refractivity (Wildman–Crippen MR) is 102 cm³/mol. The van der Waals surface area contributed by atoms with Gasteiger partial charge in [0, 0.05) is 18.4 Å². The number of allylic oxidation sites excluding steroid dienone is 6. The van der Waals surface area contributed by atoms with Crippen LogP contribution in [-0.2, 0) is 14.3 Å². The summed E-state index contributed by atoms with van der Waals surface area (Å²) in [4.78, 5) is 24.6. The Hall–Kier alpha value is -1.48. The second-order valence-corrected chi connectivity index (χ2v) is 9.32. The summed E-state index contributed by atoms with van der Waals surface area (Å²) < 4.78 is 5.18. The fourth-order valence-electron chi connectivity index (χ4n) is 6.81. The summed E-state index contributed by atoms with van der Waals surface area (Å²) in [5.74, 6) is 1.97. The van der Waals surface area contributed by atoms with Crippen LogP contribution in [0.25, 0.3) is 0 Å². The fourth-order valence-corrected chi connectivity index (χ4v) is 6.81. The number of ketones is 2. The van der Waals surface area contributed by atoms with E-state index >= 15 is 0 Å². The van der Waals surface area contributed by atoms with Gasteiger partial charge < -0.3 is 4.74 Å². The third-order valence-electron chi connectivity index (χ3n) is 7.92. The van der Waals surface area contributed by atoms with Gasteiger partial charge in [0.1, 0.15) is 6.61 Å². The Morgan fingerprint density at radius 1 is 1.35 bits per heavy atom. The van der Waals surface area contributed by atoms with Crippen LogP contribution in [0.1, 0.15) is 46.5 Å². The predicted octanol–water partition coefficient (Wildman–Crippen LogP) is 4.29. The van der Waals surface area contributed by atoms with Crippen LogP contribution >= 0.6 is 0 Å². The van der Waals surface area contributed by atoms with Crippen molar-refractivity contribution in [3.05, 3.63) is 35.5 Å². The summed E-state index contributed by atoms with van der Waals surface area (Å²) >= 11 is 0. The van der Waals surface area contributed by atoms with Crippen molar-refractivity contribution in [2.75, 3.05) is 13.7 Å². The van der Waals surface area contributed by atoms with Crippen molar-refractivity contribution in [1.29, 1.82) is 0 Å². The Balaban J connectivity index is 1.72. The highest BCUT2D eigenvalue weighted by Crippen LogP contribution is 2.65. The Bertz CT molecular complexity index is 743. The van der Waals surface area contributed by atoms with E-state index in [1.807, 2.05) is 6.08 Å². The average molecular weight is 354 g/mol. The molecule has 4 aliphatic rings. The first-order valence-corrected chi connectivity index (χ1v) is 9.97. The first-order valence-electron chi connectivity index (χ1n) is 9.97. The van der Waals surface area contributed by atoms with Crippen molar-refractivity contribution in [2.24, 2.45) is 34.5 Å². The molecule has 0 aromatic heterocycles. The Morgan fingerprint density at radius 2 is 2.12 bits per heavy atom. The first kappa shape index (κ1) is 17.9. The molecule has 4 aliphatic carbocycles. The molecule has 4 rings (SSSR count). The lowest BCUT2D eigenvalue weighted by Gasteiger charge is -2.52. The van der Waals surface area contributed by atoms with Gasteiger partial charge in [-0.2, -0.15) is 0 Å². The van der Waals surface area contributed by atoms with Crippen molar-refractivity contribution in [3.63, 3.8) is 0 Å². The van der Waals surface area contributed by atoms with E-state index in [1.165, 1.54) is 11.1 Å². The molecule has 140 valence electrons. The molecular weight excluding hydrogens is 324 g/mol. The monoisotopic (exact) mass is 354 g/mol. The lowest BCUT2D eigenvalue weighted by atomic mass is 9.52. The maximum Gasteiger partial charge on any atom is 0.178 e. The number of hydrogen-bond acceptors (Lipinski definition) is 3. The van der Waals surface area contributed by atoms with Gasteiger partial charge in [0.05, 0.1) is 0 Å². The smallest absolute Gasteiger partial charge is 0.178 e. The Kier molecular flexibility index (Phi) is 4.15. The van der Waals surface area contributed by atoms with Crippen molar-refractivity contribution < 1.29 is 14.3 Å². The molecule has 26 heavy (non-hydrogen) atoms. The van der Waals surface area contributed by atoms with Gasteiger partial charge in [-0.3, -0.25) is 9.59 Å². The van der Waals surface area contributed by atoms with Gasteiger partial charge in [0.2, 0.25) is 0 Å². The molecule has 3 unspecified atom stereocenters. The molecular formula is C23H30O3. The highest BCUT2D eigenvalue weighted by Gasteiger charge is 2.59. The molecule has 2 fully saturated rings. The number of hydrogen-bond donors (Lipinski definition) is 0. The molecule has 6 atom stereocenters. The lowest BCUT2D eigenvalue weighted by Crippen LogP contribution is -2.45. The van der Waals surface area contributed by atoms with Crippen LogP contribution in [0.5, 0.6) is 0 Å². The van der Waals surface area contributed by atoms with E-state index in [-0.39, 0.29) is 34.9 Å². The van der Waals surface area contributed by atoms with E-state index in [4.69, 9.17) is 4.74 Å². The molecule has 0 bridgehead atoms. The fraction of sp³-hybridized carbons (Fsp3) is 0.652. The van der Waals surface area contributed by atoms with E-state index in [2.05, 4.69) is 32.9 Å². The normalized spacial score (nSPS) is 43.9. The van der Waals surface area contributed by atoms with Crippen LogP contribution in [0.2, 0.25) is 0 Å². The van der Waals surface area contributed by atoms with Gasteiger partial charge >= 0.3 is 0 Å². The van der Waals surface area contributed by atoms with Gasteiger partial charge in [-0.15, -0.1) is 0 Å². The van der Waals surface area contributed by atoms with E-state index in [9.17, 15) is 9.59 Å². The van der Waals surface area contributed by atoms with Crippen molar-refractivity contribution in [3.8, 4) is 0 Å². The van der Waals surface area contributed by atoms with Crippen LogP contribution < -0.4 is 0 Å². The summed E-state index contributed by atoms with van der Waals surface area (Å²) in [7, 11) is 1.61. The van der Waals surface area contributed by atoms with Crippen molar-refractivity contribution >= 4 is 11.6 Å². The number of rotatable bonds is 3. The van der Waals surface area contributed by atoms with E-state index in [0.717, 1.165) is 25.7 Å². The summed E-state index contributed by atoms with van der Waals surface area (Å²) in [5.41, 5.74) is 2.70. The molecule has 0 spiro atoms. The minimum Gasteiger partial charge on any atom is -0.377 e. The first-order chi connectivity index (χ1) is 12.3. The van der Waals surface area contributed by atoms with Gasteiger partial charge in [0.15, 0.2) is 11.6 Å². The average Bonchev–Trinajstić information content (AvgIpc) is 2.86. The molecule has 0 aliphatic heterocycles. The minimum absolute atomic E-state index is 0.0367. The highest BCUT2D eigenvalue weighted by atomic mass is 16.5. The van der Waals surface area contributed by atoms with Gasteiger partial charge in [-0.05, 0) is 67.9 Å². The van der Waals surface area contributed by atoms with Crippen LogP contribution in [0.15, 0.2) is 35.5 Å². The molecule has 0 aromatic carbocycles.